The van der Waals surface area contributed by atoms with Gasteiger partial charge in [0.25, 0.3) is 6.01 Å². The molecule has 4 aliphatic rings. The summed E-state index contributed by atoms with van der Waals surface area (Å²) in [5.41, 5.74) is 9.47. The molecule has 0 aliphatic carbocycles. The number of carbonyl (C=O) groups is 4. The molecule has 8 aromatic heterocycles. The fraction of sp³-hybridized carbons (Fsp3) is 0.536. The van der Waals surface area contributed by atoms with Crippen LogP contribution in [-0.4, -0.2) is 292 Å². The quantitative estimate of drug-likeness (QED) is 0.0153. The number of rotatable bonds is 44. The molecular formula is C97H129F6N21O9S. The number of piperazine rings is 4. The van der Waals surface area contributed by atoms with Gasteiger partial charge in [-0.3, -0.25) is 58.4 Å². The molecule has 4 unspecified atom stereocenters. The number of fused-ring (bicyclic) bond motifs is 4. The fourth-order valence-corrected chi connectivity index (χ4v) is 19.2. The van der Waals surface area contributed by atoms with Crippen LogP contribution in [0.3, 0.4) is 0 Å². The number of oxazole rings is 1. The molecule has 4 saturated heterocycles. The van der Waals surface area contributed by atoms with E-state index in [1.54, 1.807) is 20.4 Å². The van der Waals surface area contributed by atoms with Crippen LogP contribution in [0.2, 0.25) is 0 Å². The van der Waals surface area contributed by atoms with E-state index in [4.69, 9.17) is 13.9 Å². The Morgan fingerprint density at radius 3 is 1.07 bits per heavy atom. The van der Waals surface area contributed by atoms with Gasteiger partial charge in [-0.2, -0.15) is 9.97 Å². The Morgan fingerprint density at radius 2 is 0.731 bits per heavy atom. The molecule has 12 heterocycles. The second-order valence-electron chi connectivity index (χ2n) is 35.1. The first-order chi connectivity index (χ1) is 65.0. The highest BCUT2D eigenvalue weighted by molar-refractivity contribution is 7.17. The van der Waals surface area contributed by atoms with Gasteiger partial charge in [0.05, 0.1) is 32.6 Å². The number of hydrogen-bond donors (Lipinski definition) is 6. The topological polar surface area (TPSA) is 329 Å². The molecule has 0 saturated carbocycles. The molecular weight excluding hydrogens is 1750 g/mol. The van der Waals surface area contributed by atoms with Crippen molar-refractivity contribution < 1.29 is 68.9 Å². The zero-order valence-corrected chi connectivity index (χ0v) is 78.6. The van der Waals surface area contributed by atoms with Gasteiger partial charge < -0.3 is 53.4 Å². The number of halogens is 6. The average Bonchev–Trinajstić information content (AvgIpc) is 1.69. The third kappa shape index (κ3) is 29.6. The van der Waals surface area contributed by atoms with E-state index in [2.05, 4.69) is 189 Å². The lowest BCUT2D eigenvalue weighted by atomic mass is 9.90. The van der Waals surface area contributed by atoms with Crippen molar-refractivity contribution in [1.29, 1.82) is 0 Å². The first kappa shape index (κ1) is 101. The number of ether oxygens (including phenoxy) is 4. The number of nitrogens with one attached hydrogen (secondary N) is 6. The number of H-pyrrole nitrogens is 6. The first-order valence-electron chi connectivity index (χ1n) is 47.2. The zero-order valence-electron chi connectivity index (χ0n) is 77.8. The third-order valence-electron chi connectivity index (χ3n) is 25.5. The summed E-state index contributed by atoms with van der Waals surface area (Å²) in [5.74, 6) is 3.09. The second-order valence-corrected chi connectivity index (χ2v) is 36.1. The Balaban J connectivity index is 0.000000152. The Hall–Kier alpha value is -10.8. The van der Waals surface area contributed by atoms with Gasteiger partial charge in [0.15, 0.2) is 45.5 Å². The molecule has 30 nitrogen and oxygen atoms in total. The van der Waals surface area contributed by atoms with Gasteiger partial charge in [-0.1, -0.05) is 138 Å². The smallest absolute Gasteiger partial charge is 0.420 e. The molecule has 6 N–H and O–H groups in total. The van der Waals surface area contributed by atoms with E-state index in [-0.39, 0.29) is 78.9 Å². The van der Waals surface area contributed by atoms with E-state index in [0.29, 0.717) is 118 Å². The number of Topliss-reactive ketones (excluding diaryl/α,β-unsaturated/α-hetero) is 4. The lowest BCUT2D eigenvalue weighted by molar-refractivity contribution is -0.325. The molecule has 134 heavy (non-hydrogen) atoms. The number of hydrogen-bond acceptors (Lipinski definition) is 25. The highest BCUT2D eigenvalue weighted by atomic mass is 32.1. The van der Waals surface area contributed by atoms with Crippen molar-refractivity contribution in [3.8, 4) is 0 Å². The van der Waals surface area contributed by atoms with Gasteiger partial charge in [0, 0.05) is 239 Å². The second kappa shape index (κ2) is 50.2. The Labute approximate surface area is 781 Å². The van der Waals surface area contributed by atoms with Crippen LogP contribution in [0.5, 0.6) is 0 Å². The summed E-state index contributed by atoms with van der Waals surface area (Å²) in [6, 6.07) is 33.6. The predicted molar refractivity (Wildman–Crippen MR) is 509 cm³/mol. The molecule has 4 fully saturated rings. The molecule has 0 amide bonds. The fourth-order valence-electron chi connectivity index (χ4n) is 18.3. The highest BCUT2D eigenvalue weighted by Gasteiger charge is 2.34. The molecule has 4 atom stereocenters. The van der Waals surface area contributed by atoms with Gasteiger partial charge in [0.1, 0.15) is 0 Å². The summed E-state index contributed by atoms with van der Waals surface area (Å²) < 4.78 is 96.8. The van der Waals surface area contributed by atoms with E-state index in [1.807, 2.05) is 74.5 Å². The van der Waals surface area contributed by atoms with Crippen LogP contribution in [-0.2, 0) is 44.6 Å². The zero-order chi connectivity index (χ0) is 94.4. The Kier molecular flexibility index (Phi) is 37.7. The van der Waals surface area contributed by atoms with Crippen LogP contribution < -0.4 is 19.6 Å². The molecule has 0 spiro atoms. The minimum Gasteiger partial charge on any atom is -0.420 e. The third-order valence-corrected chi connectivity index (χ3v) is 26.5. The Bertz CT molecular complexity index is 5240. The highest BCUT2D eigenvalue weighted by Crippen LogP contribution is 2.34. The maximum absolute atomic E-state index is 13.0. The minimum atomic E-state index is -4.60. The summed E-state index contributed by atoms with van der Waals surface area (Å²) in [5, 5.41) is 28.6. The van der Waals surface area contributed by atoms with Crippen molar-refractivity contribution in [2.45, 2.75) is 143 Å². The summed E-state index contributed by atoms with van der Waals surface area (Å²) in [6.45, 7) is 23.5. The van der Waals surface area contributed by atoms with E-state index >= 15 is 0 Å². The normalized spacial score (nSPS) is 16.1. The molecule has 4 aromatic carbocycles. The van der Waals surface area contributed by atoms with Gasteiger partial charge in [-0.25, -0.2) is 4.98 Å². The Morgan fingerprint density at radius 1 is 0.410 bits per heavy atom. The number of alkyl halides is 6. The standard InChI is InChI=1S/C25H34N4O3.C24H31F3N6O2.C24H30F3N5O2S.C24H34N6O2/c1-3-6-19(15-20-17-26-22-8-5-4-7-21(20)22)16-23(30)24-18-27-25(32-24)29-11-9-28(10-12-29)13-14-31-2;1-2-5-17(14-18-16-28-20-7-4-3-6-19(18)20)15-21(34)22-29-23(31-30-22)33-10-8-32(9-11-33)12-13-35-24(25,26)27;1-2-5-17(14-18-16-28-20-7-4-3-6-19(18)20)15-21(33)22-29-30-23(35-22)32-10-8-31(9-11-32)12-13-34-24(25,26)27;1-3-6-18(15-19-17-25-21-8-5-4-7-20(19)21)16-22(31)23-26-24(28-27-23)30-11-9-29(10-12-30)13-14-32-2/h4-5,7-8,17-19,26H,3,6,9-16H2,1-2H3;3-4,6-7,16-17,28H,2,5,8-15H2,1H3,(H,29,30,31);3-4,6-7,16-17,28H,2,5,8-15H2,1H3;4-5,7-8,17-18,25H,3,6,9-16H2,1-2H3,(H,26,27,28). The maximum Gasteiger partial charge on any atom is 0.522 e. The van der Waals surface area contributed by atoms with Crippen LogP contribution in [0.1, 0.15) is 169 Å². The number of carbonyl (C=O) groups excluding carboxylic acids is 4. The van der Waals surface area contributed by atoms with Crippen LogP contribution >= 0.6 is 11.3 Å². The number of anilines is 4. The van der Waals surface area contributed by atoms with Crippen molar-refractivity contribution in [3.63, 3.8) is 0 Å². The van der Waals surface area contributed by atoms with Crippen LogP contribution in [0.15, 0.2) is 132 Å². The van der Waals surface area contributed by atoms with Gasteiger partial charge in [-0.15, -0.1) is 46.7 Å². The summed E-state index contributed by atoms with van der Waals surface area (Å²) >= 11 is 1.30. The molecule has 12 aromatic rings. The first-order valence-corrected chi connectivity index (χ1v) is 48.1. The van der Waals surface area contributed by atoms with E-state index in [9.17, 15) is 45.5 Å². The number of aromatic nitrogens is 13. The number of methoxy groups -OCH3 is 2. The van der Waals surface area contributed by atoms with Gasteiger partial charge >= 0.3 is 12.7 Å². The van der Waals surface area contributed by atoms with E-state index < -0.39 is 12.7 Å². The molecule has 724 valence electrons. The van der Waals surface area contributed by atoms with Crippen molar-refractivity contribution >= 4 is 101 Å². The molecule has 4 aliphatic heterocycles. The lowest BCUT2D eigenvalue weighted by Gasteiger charge is -2.34. The van der Waals surface area contributed by atoms with E-state index in [1.165, 1.54) is 55.1 Å². The van der Waals surface area contributed by atoms with Crippen molar-refractivity contribution in [1.82, 2.24) is 85.1 Å². The summed E-state index contributed by atoms with van der Waals surface area (Å²) in [7, 11) is 3.46. The van der Waals surface area contributed by atoms with Crippen LogP contribution in [0, 0.1) is 23.7 Å². The molecule has 16 rings (SSSR count). The lowest BCUT2D eigenvalue weighted by Crippen LogP contribution is -2.48. The largest absolute Gasteiger partial charge is 0.522 e. The van der Waals surface area contributed by atoms with Crippen LogP contribution in [0.25, 0.3) is 43.6 Å². The van der Waals surface area contributed by atoms with Crippen molar-refractivity contribution in [2.75, 3.05) is 191 Å². The van der Waals surface area contributed by atoms with Gasteiger partial charge in [0.2, 0.25) is 17.0 Å². The average molecular weight is 1880 g/mol. The van der Waals surface area contributed by atoms with Crippen molar-refractivity contribution in [2.24, 2.45) is 23.7 Å². The van der Waals surface area contributed by atoms with Crippen molar-refractivity contribution in [3.05, 3.63) is 173 Å². The summed E-state index contributed by atoms with van der Waals surface area (Å²) in [4.78, 5) is 95.5. The molecule has 37 heteroatoms. The number of para-hydroxylation sites is 4. The number of benzene rings is 4. The minimum absolute atomic E-state index is 0.00924. The monoisotopic (exact) mass is 1880 g/mol. The number of aromatic amines is 6. The summed E-state index contributed by atoms with van der Waals surface area (Å²) in [6.07, 6.45) is 13.8. The SMILES string of the molecule is CCCC(CC(=O)c1cnc(N2CCN(CCOC)CC2)o1)Cc1c[nH]c2ccccc12.CCCC(CC(=O)c1nc(N2CCN(CCOC(F)(F)F)CC2)n[nH]1)Cc1c[nH]c2ccccc12.CCCC(CC(=O)c1nc(N2CCN(CCOC)CC2)n[nH]1)Cc1c[nH]c2ccccc12.CCCC(CC(=O)c1nnc(N2CCN(CCOC(F)(F)F)CC2)s1)Cc1c[nH]c2ccccc12. The maximum atomic E-state index is 13.0. The van der Waals surface area contributed by atoms with Crippen LogP contribution in [0.4, 0.5) is 49.4 Å². The number of nitrogens with zero attached hydrogens (tertiary/aromatic N) is 15. The molecule has 0 radical (unpaired) electrons. The predicted octanol–water partition coefficient (Wildman–Crippen LogP) is 16.5. The van der Waals surface area contributed by atoms with Gasteiger partial charge in [-0.05, 0) is 122 Å². The molecule has 0 bridgehead atoms. The van der Waals surface area contributed by atoms with E-state index in [0.717, 1.165) is 178 Å². The number of ketones is 4.